The number of carbonyl (C=O) groups is 2. The first-order valence-electron chi connectivity index (χ1n) is 7.98. The zero-order chi connectivity index (χ0) is 16.3. The van der Waals surface area contributed by atoms with Gasteiger partial charge in [0.25, 0.3) is 0 Å². The van der Waals surface area contributed by atoms with Crippen molar-refractivity contribution in [3.05, 3.63) is 22.4 Å². The average Bonchev–Trinajstić information content (AvgIpc) is 2.97. The van der Waals surface area contributed by atoms with Gasteiger partial charge in [0, 0.05) is 12.6 Å². The fraction of sp³-hybridized carbons (Fsp3) is 0.625. The van der Waals surface area contributed by atoms with E-state index < -0.39 is 0 Å². The Morgan fingerprint density at radius 1 is 1.39 bits per heavy atom. The van der Waals surface area contributed by atoms with Gasteiger partial charge < -0.3 is 16.0 Å². The van der Waals surface area contributed by atoms with E-state index in [4.69, 9.17) is 5.73 Å². The standard InChI is InChI=1S/C16H23N3O2S2/c17-14(20)10-23-11-15(21)19(8-12-1-6-22-9-12)13-7-16(13)2-4-18-5-3-16/h1,6,9,13,18H,2-5,7-8,10-11H2,(H2,17,20). The number of amides is 2. The van der Waals surface area contributed by atoms with Gasteiger partial charge in [-0.1, -0.05) is 0 Å². The fourth-order valence-electron chi connectivity index (χ4n) is 3.50. The summed E-state index contributed by atoms with van der Waals surface area (Å²) >= 11 is 2.98. The lowest BCUT2D eigenvalue weighted by atomic mass is 9.93. The van der Waals surface area contributed by atoms with Crippen LogP contribution in [0.3, 0.4) is 0 Å². The Morgan fingerprint density at radius 3 is 2.83 bits per heavy atom. The van der Waals surface area contributed by atoms with Crippen molar-refractivity contribution in [3.8, 4) is 0 Å². The van der Waals surface area contributed by atoms with Gasteiger partial charge in [-0.15, -0.1) is 11.8 Å². The molecule has 1 saturated heterocycles. The summed E-state index contributed by atoms with van der Waals surface area (Å²) in [6.45, 7) is 2.78. The number of primary amides is 1. The van der Waals surface area contributed by atoms with E-state index in [0.29, 0.717) is 23.8 Å². The van der Waals surface area contributed by atoms with E-state index in [1.54, 1.807) is 11.3 Å². The molecule has 3 N–H and O–H groups in total. The van der Waals surface area contributed by atoms with Gasteiger partial charge in [0.15, 0.2) is 0 Å². The van der Waals surface area contributed by atoms with Crippen molar-refractivity contribution in [2.75, 3.05) is 24.6 Å². The molecule has 5 nitrogen and oxygen atoms in total. The zero-order valence-corrected chi connectivity index (χ0v) is 14.8. The molecule has 2 amide bonds. The Labute approximate surface area is 145 Å². The monoisotopic (exact) mass is 353 g/mol. The van der Waals surface area contributed by atoms with Crippen LogP contribution >= 0.6 is 23.1 Å². The summed E-state index contributed by atoms with van der Waals surface area (Å²) in [5.74, 6) is 0.298. The molecule has 1 spiro atoms. The van der Waals surface area contributed by atoms with Crippen LogP contribution in [-0.2, 0) is 16.1 Å². The van der Waals surface area contributed by atoms with Crippen LogP contribution in [0.4, 0.5) is 0 Å². The smallest absolute Gasteiger partial charge is 0.233 e. The van der Waals surface area contributed by atoms with E-state index in [2.05, 4.69) is 16.8 Å². The number of nitrogens with one attached hydrogen (secondary N) is 1. The Morgan fingerprint density at radius 2 is 2.17 bits per heavy atom. The summed E-state index contributed by atoms with van der Waals surface area (Å²) in [7, 11) is 0. The van der Waals surface area contributed by atoms with Crippen LogP contribution in [0.2, 0.25) is 0 Å². The summed E-state index contributed by atoms with van der Waals surface area (Å²) in [5, 5.41) is 7.56. The molecule has 1 aliphatic heterocycles. The van der Waals surface area contributed by atoms with Gasteiger partial charge in [0.2, 0.25) is 11.8 Å². The average molecular weight is 354 g/mol. The third kappa shape index (κ3) is 4.08. The molecular formula is C16H23N3O2S2. The van der Waals surface area contributed by atoms with Crippen molar-refractivity contribution in [2.45, 2.75) is 31.8 Å². The molecule has 1 unspecified atom stereocenters. The molecule has 1 aliphatic carbocycles. The van der Waals surface area contributed by atoms with Crippen LogP contribution in [0.25, 0.3) is 0 Å². The van der Waals surface area contributed by atoms with Crippen LogP contribution in [0.5, 0.6) is 0 Å². The van der Waals surface area contributed by atoms with Gasteiger partial charge >= 0.3 is 0 Å². The highest BCUT2D eigenvalue weighted by Crippen LogP contribution is 2.56. The maximum absolute atomic E-state index is 12.7. The quantitative estimate of drug-likeness (QED) is 0.778. The SMILES string of the molecule is NC(=O)CSCC(=O)N(Cc1ccsc1)C1CC12CCNCC2. The first-order chi connectivity index (χ1) is 11.1. The third-order valence-corrected chi connectivity index (χ3v) is 6.52. The lowest BCUT2D eigenvalue weighted by Crippen LogP contribution is -2.40. The summed E-state index contributed by atoms with van der Waals surface area (Å²) < 4.78 is 0. The zero-order valence-electron chi connectivity index (χ0n) is 13.1. The molecular weight excluding hydrogens is 330 g/mol. The van der Waals surface area contributed by atoms with Crippen molar-refractivity contribution in [2.24, 2.45) is 11.1 Å². The van der Waals surface area contributed by atoms with E-state index in [-0.39, 0.29) is 17.6 Å². The molecule has 0 aromatic carbocycles. The molecule has 0 radical (unpaired) electrons. The lowest BCUT2D eigenvalue weighted by Gasteiger charge is -2.29. The summed E-state index contributed by atoms with van der Waals surface area (Å²) in [6.07, 6.45) is 3.42. The maximum atomic E-state index is 12.7. The molecule has 3 rings (SSSR count). The number of hydrogen-bond acceptors (Lipinski definition) is 5. The van der Waals surface area contributed by atoms with Gasteiger partial charge in [-0.2, -0.15) is 11.3 Å². The second-order valence-electron chi connectivity index (χ2n) is 6.44. The van der Waals surface area contributed by atoms with Crippen molar-refractivity contribution in [1.29, 1.82) is 0 Å². The van der Waals surface area contributed by atoms with Crippen LogP contribution in [0.1, 0.15) is 24.8 Å². The van der Waals surface area contributed by atoms with Crippen LogP contribution in [0.15, 0.2) is 16.8 Å². The summed E-state index contributed by atoms with van der Waals surface area (Å²) in [4.78, 5) is 25.6. The van der Waals surface area contributed by atoms with E-state index in [1.165, 1.54) is 17.3 Å². The number of piperidine rings is 1. The van der Waals surface area contributed by atoms with Crippen molar-refractivity contribution < 1.29 is 9.59 Å². The highest BCUT2D eigenvalue weighted by atomic mass is 32.2. The second kappa shape index (κ2) is 7.23. The Bertz CT molecular complexity index is 556. The largest absolute Gasteiger partial charge is 0.369 e. The normalized spacial score (nSPS) is 22.0. The molecule has 23 heavy (non-hydrogen) atoms. The van der Waals surface area contributed by atoms with Gasteiger partial charge in [-0.05, 0) is 60.2 Å². The van der Waals surface area contributed by atoms with Crippen LogP contribution in [-0.4, -0.2) is 47.4 Å². The summed E-state index contributed by atoms with van der Waals surface area (Å²) in [6, 6.07) is 2.44. The molecule has 1 aromatic heterocycles. The number of nitrogens with zero attached hydrogens (tertiary/aromatic N) is 1. The van der Waals surface area contributed by atoms with E-state index >= 15 is 0 Å². The molecule has 126 valence electrons. The highest BCUT2D eigenvalue weighted by molar-refractivity contribution is 8.00. The predicted molar refractivity (Wildman–Crippen MR) is 94.3 cm³/mol. The van der Waals surface area contributed by atoms with E-state index in [9.17, 15) is 9.59 Å². The minimum Gasteiger partial charge on any atom is -0.369 e. The topological polar surface area (TPSA) is 75.4 Å². The van der Waals surface area contributed by atoms with Crippen molar-refractivity contribution in [1.82, 2.24) is 10.2 Å². The number of thiophene rings is 1. The van der Waals surface area contributed by atoms with Gasteiger partial charge in [-0.3, -0.25) is 9.59 Å². The summed E-state index contributed by atoms with van der Waals surface area (Å²) in [5.41, 5.74) is 6.68. The lowest BCUT2D eigenvalue weighted by molar-refractivity contribution is -0.130. The van der Waals surface area contributed by atoms with Gasteiger partial charge in [-0.25, -0.2) is 0 Å². The maximum Gasteiger partial charge on any atom is 0.233 e. The molecule has 1 saturated carbocycles. The second-order valence-corrected chi connectivity index (χ2v) is 8.21. The Kier molecular flexibility index (Phi) is 5.28. The number of thioether (sulfide) groups is 1. The van der Waals surface area contributed by atoms with Crippen molar-refractivity contribution in [3.63, 3.8) is 0 Å². The molecule has 1 atom stereocenters. The molecule has 2 aliphatic rings. The molecule has 2 fully saturated rings. The fourth-order valence-corrected chi connectivity index (χ4v) is 4.81. The number of nitrogens with two attached hydrogens (primary N) is 1. The van der Waals surface area contributed by atoms with Crippen molar-refractivity contribution >= 4 is 34.9 Å². The number of rotatable bonds is 7. The first kappa shape index (κ1) is 16.8. The number of carbonyl (C=O) groups excluding carboxylic acids is 2. The molecule has 2 heterocycles. The van der Waals surface area contributed by atoms with Crippen LogP contribution in [0, 0.1) is 5.41 Å². The molecule has 7 heteroatoms. The minimum atomic E-state index is -0.367. The Balaban J connectivity index is 1.64. The number of hydrogen-bond donors (Lipinski definition) is 2. The van der Waals surface area contributed by atoms with Gasteiger partial charge in [0.1, 0.15) is 0 Å². The molecule has 1 aromatic rings. The third-order valence-electron chi connectivity index (χ3n) is 4.85. The van der Waals surface area contributed by atoms with E-state index in [0.717, 1.165) is 32.4 Å². The minimum absolute atomic E-state index is 0.128. The van der Waals surface area contributed by atoms with E-state index in [1.807, 2.05) is 10.3 Å². The first-order valence-corrected chi connectivity index (χ1v) is 10.1. The molecule has 0 bridgehead atoms. The van der Waals surface area contributed by atoms with Gasteiger partial charge in [0.05, 0.1) is 11.5 Å². The van der Waals surface area contributed by atoms with Crippen LogP contribution < -0.4 is 11.1 Å². The predicted octanol–water partition coefficient (Wildman–Crippen LogP) is 1.44. The Hall–Kier alpha value is -1.05. The highest BCUT2D eigenvalue weighted by Gasteiger charge is 2.57.